The largest absolute Gasteiger partial charge is 0.348 e. The van der Waals surface area contributed by atoms with Crippen molar-refractivity contribution in [2.75, 3.05) is 32.7 Å². The summed E-state index contributed by atoms with van der Waals surface area (Å²) >= 11 is 0. The smallest absolute Gasteiger partial charge is 0.234 e. The van der Waals surface area contributed by atoms with Crippen molar-refractivity contribution in [3.05, 3.63) is 35.9 Å². The Morgan fingerprint density at radius 2 is 2.10 bits per heavy atom. The van der Waals surface area contributed by atoms with Crippen LogP contribution in [-0.2, 0) is 4.79 Å². The summed E-state index contributed by atoms with van der Waals surface area (Å²) in [6.07, 6.45) is 1.22. The molecule has 2 heterocycles. The fourth-order valence-corrected chi connectivity index (χ4v) is 3.57. The molecule has 0 radical (unpaired) electrons. The monoisotopic (exact) mass is 287 g/mol. The molecule has 0 aliphatic carbocycles. The van der Waals surface area contributed by atoms with Crippen molar-refractivity contribution < 1.29 is 4.79 Å². The molecular formula is C17H25N3O. The van der Waals surface area contributed by atoms with Crippen LogP contribution in [-0.4, -0.2) is 43.5 Å². The molecule has 114 valence electrons. The molecule has 2 fully saturated rings. The SMILES string of the molecule is CC(NC(=O)CN1CCC2CNCC2C1)c1ccccc1. The first-order valence-electron chi connectivity index (χ1n) is 8.00. The minimum Gasteiger partial charge on any atom is -0.348 e. The van der Waals surface area contributed by atoms with Crippen molar-refractivity contribution in [2.45, 2.75) is 19.4 Å². The Morgan fingerprint density at radius 1 is 1.33 bits per heavy atom. The molecule has 3 rings (SSSR count). The molecule has 1 aromatic rings. The Kier molecular flexibility index (Phi) is 4.56. The molecule has 3 unspecified atom stereocenters. The van der Waals surface area contributed by atoms with Crippen molar-refractivity contribution in [1.82, 2.24) is 15.5 Å². The van der Waals surface area contributed by atoms with Gasteiger partial charge in [0, 0.05) is 6.54 Å². The normalized spacial score (nSPS) is 27.1. The first-order valence-corrected chi connectivity index (χ1v) is 8.00. The summed E-state index contributed by atoms with van der Waals surface area (Å²) in [6, 6.07) is 10.2. The van der Waals surface area contributed by atoms with Crippen LogP contribution in [0.1, 0.15) is 24.9 Å². The second-order valence-electron chi connectivity index (χ2n) is 6.40. The van der Waals surface area contributed by atoms with E-state index in [9.17, 15) is 4.79 Å². The third kappa shape index (κ3) is 3.63. The van der Waals surface area contributed by atoms with Crippen LogP contribution in [0, 0.1) is 11.8 Å². The maximum absolute atomic E-state index is 12.2. The molecule has 0 bridgehead atoms. The Morgan fingerprint density at radius 3 is 2.90 bits per heavy atom. The van der Waals surface area contributed by atoms with Crippen LogP contribution in [0.15, 0.2) is 30.3 Å². The van der Waals surface area contributed by atoms with Gasteiger partial charge in [0.25, 0.3) is 0 Å². The molecule has 2 N–H and O–H groups in total. The lowest BCUT2D eigenvalue weighted by atomic mass is 9.89. The zero-order chi connectivity index (χ0) is 14.7. The molecule has 1 aromatic carbocycles. The molecule has 4 nitrogen and oxygen atoms in total. The molecule has 0 aromatic heterocycles. The van der Waals surface area contributed by atoms with Gasteiger partial charge >= 0.3 is 0 Å². The van der Waals surface area contributed by atoms with Gasteiger partial charge in [-0.25, -0.2) is 0 Å². The molecule has 0 saturated carbocycles. The van der Waals surface area contributed by atoms with Crippen LogP contribution in [0.3, 0.4) is 0 Å². The van der Waals surface area contributed by atoms with E-state index in [0.29, 0.717) is 6.54 Å². The van der Waals surface area contributed by atoms with Crippen LogP contribution in [0.2, 0.25) is 0 Å². The fourth-order valence-electron chi connectivity index (χ4n) is 3.57. The summed E-state index contributed by atoms with van der Waals surface area (Å²) in [6.45, 7) is 6.96. The lowest BCUT2D eigenvalue weighted by Crippen LogP contribution is -2.45. The molecule has 4 heteroatoms. The third-order valence-electron chi connectivity index (χ3n) is 4.83. The van der Waals surface area contributed by atoms with E-state index >= 15 is 0 Å². The Bertz CT molecular complexity index is 476. The van der Waals surface area contributed by atoms with Crippen molar-refractivity contribution in [3.63, 3.8) is 0 Å². The molecule has 0 spiro atoms. The quantitative estimate of drug-likeness (QED) is 0.880. The second kappa shape index (κ2) is 6.58. The number of carbonyl (C=O) groups excluding carboxylic acids is 1. The number of hydrogen-bond donors (Lipinski definition) is 2. The summed E-state index contributed by atoms with van der Waals surface area (Å²) in [4.78, 5) is 14.5. The molecule has 2 saturated heterocycles. The Hall–Kier alpha value is -1.39. The van der Waals surface area contributed by atoms with E-state index in [-0.39, 0.29) is 11.9 Å². The summed E-state index contributed by atoms with van der Waals surface area (Å²) in [5.74, 6) is 1.70. The first kappa shape index (κ1) is 14.5. The van der Waals surface area contributed by atoms with Crippen LogP contribution in [0.25, 0.3) is 0 Å². The van der Waals surface area contributed by atoms with Gasteiger partial charge in [-0.3, -0.25) is 9.69 Å². The van der Waals surface area contributed by atoms with E-state index in [1.807, 2.05) is 25.1 Å². The van der Waals surface area contributed by atoms with Gasteiger partial charge in [0.15, 0.2) is 0 Å². The maximum atomic E-state index is 12.2. The number of amides is 1. The number of hydrogen-bond acceptors (Lipinski definition) is 3. The predicted octanol–water partition coefficient (Wildman–Crippen LogP) is 1.41. The van der Waals surface area contributed by atoms with Crippen molar-refractivity contribution in [1.29, 1.82) is 0 Å². The Labute approximate surface area is 126 Å². The number of fused-ring (bicyclic) bond motifs is 1. The molecular weight excluding hydrogens is 262 g/mol. The Balaban J connectivity index is 1.48. The highest BCUT2D eigenvalue weighted by Gasteiger charge is 2.33. The van der Waals surface area contributed by atoms with Gasteiger partial charge < -0.3 is 10.6 Å². The highest BCUT2D eigenvalue weighted by Crippen LogP contribution is 2.26. The van der Waals surface area contributed by atoms with Crippen LogP contribution in [0.4, 0.5) is 0 Å². The van der Waals surface area contributed by atoms with Crippen LogP contribution < -0.4 is 10.6 Å². The lowest BCUT2D eigenvalue weighted by molar-refractivity contribution is -0.123. The number of benzene rings is 1. The standard InChI is InChI=1S/C17H25N3O/c1-13(14-5-3-2-4-6-14)19-17(21)12-20-8-7-15-9-18-10-16(15)11-20/h2-6,13,15-16,18H,7-12H2,1H3,(H,19,21). The fraction of sp³-hybridized carbons (Fsp3) is 0.588. The van der Waals surface area contributed by atoms with Gasteiger partial charge in [0.05, 0.1) is 12.6 Å². The molecule has 2 aliphatic heterocycles. The number of nitrogens with zero attached hydrogens (tertiary/aromatic N) is 1. The number of carbonyl (C=O) groups is 1. The van der Waals surface area contributed by atoms with E-state index in [4.69, 9.17) is 0 Å². The molecule has 21 heavy (non-hydrogen) atoms. The zero-order valence-electron chi connectivity index (χ0n) is 12.7. The zero-order valence-corrected chi connectivity index (χ0v) is 12.7. The molecule has 1 amide bonds. The minimum atomic E-state index is 0.0735. The van der Waals surface area contributed by atoms with E-state index in [1.165, 1.54) is 6.42 Å². The summed E-state index contributed by atoms with van der Waals surface area (Å²) in [7, 11) is 0. The van der Waals surface area contributed by atoms with E-state index in [1.54, 1.807) is 0 Å². The highest BCUT2D eigenvalue weighted by molar-refractivity contribution is 5.78. The van der Waals surface area contributed by atoms with Crippen molar-refractivity contribution in [3.8, 4) is 0 Å². The minimum absolute atomic E-state index is 0.0735. The highest BCUT2D eigenvalue weighted by atomic mass is 16.2. The van der Waals surface area contributed by atoms with Gasteiger partial charge in [0.2, 0.25) is 5.91 Å². The number of piperidine rings is 1. The summed E-state index contributed by atoms with van der Waals surface area (Å²) in [5, 5.41) is 6.57. The van der Waals surface area contributed by atoms with Crippen molar-refractivity contribution >= 4 is 5.91 Å². The summed E-state index contributed by atoms with van der Waals surface area (Å²) in [5.41, 5.74) is 1.16. The predicted molar refractivity (Wildman–Crippen MR) is 83.9 cm³/mol. The van der Waals surface area contributed by atoms with Gasteiger partial charge in [-0.15, -0.1) is 0 Å². The molecule has 3 atom stereocenters. The first-order chi connectivity index (χ1) is 10.2. The summed E-state index contributed by atoms with van der Waals surface area (Å²) < 4.78 is 0. The molecule has 2 aliphatic rings. The topological polar surface area (TPSA) is 44.4 Å². The average molecular weight is 287 g/mol. The number of nitrogens with one attached hydrogen (secondary N) is 2. The average Bonchev–Trinajstić information content (AvgIpc) is 2.95. The lowest BCUT2D eigenvalue weighted by Gasteiger charge is -2.34. The van der Waals surface area contributed by atoms with Crippen LogP contribution >= 0.6 is 0 Å². The van der Waals surface area contributed by atoms with Crippen molar-refractivity contribution in [2.24, 2.45) is 11.8 Å². The van der Waals surface area contributed by atoms with E-state index in [2.05, 4.69) is 27.7 Å². The van der Waals surface area contributed by atoms with Gasteiger partial charge in [0.1, 0.15) is 0 Å². The van der Waals surface area contributed by atoms with Gasteiger partial charge in [-0.1, -0.05) is 30.3 Å². The third-order valence-corrected chi connectivity index (χ3v) is 4.83. The van der Waals surface area contributed by atoms with Gasteiger partial charge in [-0.05, 0) is 50.4 Å². The number of rotatable bonds is 4. The number of likely N-dealkylation sites (tertiary alicyclic amines) is 1. The van der Waals surface area contributed by atoms with E-state index in [0.717, 1.165) is 43.6 Å². The van der Waals surface area contributed by atoms with Crippen LogP contribution in [0.5, 0.6) is 0 Å². The van der Waals surface area contributed by atoms with E-state index < -0.39 is 0 Å². The second-order valence-corrected chi connectivity index (χ2v) is 6.40. The van der Waals surface area contributed by atoms with Gasteiger partial charge in [-0.2, -0.15) is 0 Å². The maximum Gasteiger partial charge on any atom is 0.234 e.